The molecule has 0 unspecified atom stereocenters. The summed E-state index contributed by atoms with van der Waals surface area (Å²) in [4.78, 5) is 5.37. The molecule has 1 aliphatic heterocycles. The van der Waals surface area contributed by atoms with Gasteiger partial charge in [-0.1, -0.05) is 0 Å². The predicted octanol–water partition coefficient (Wildman–Crippen LogP) is 2.49. The number of guanidine groups is 1. The van der Waals surface area contributed by atoms with Gasteiger partial charge >= 0.3 is 6.18 Å². The minimum Gasteiger partial charge on any atom is -0.381 e. The minimum absolute atomic E-state index is 0. The molecule has 0 amide bonds. The molecule has 1 rings (SSSR count). The first-order chi connectivity index (χ1) is 12.4. The van der Waals surface area contributed by atoms with Crippen molar-refractivity contribution in [3.63, 3.8) is 0 Å². The smallest absolute Gasteiger partial charge is 0.381 e. The Morgan fingerprint density at radius 1 is 1.19 bits per heavy atom. The highest BCUT2D eigenvalue weighted by Gasteiger charge is 2.28. The number of nitrogens with zero attached hydrogens (tertiary/aromatic N) is 2. The molecule has 0 aromatic rings. The maximum Gasteiger partial charge on any atom is 0.401 e. The standard InChI is InChI=1S/C17H33F3N4O2.HI/c1-21-16(22-7-3-9-24(2)14-17(18,19)20)23-8-4-10-26-13-15-5-11-25-12-6-15;/h15H,3-14H2,1-2H3,(H2,21,22,23);1H. The Kier molecular flexibility index (Phi) is 15.4. The van der Waals surface area contributed by atoms with Crippen molar-refractivity contribution in [2.45, 2.75) is 31.9 Å². The molecular weight excluding hydrogens is 476 g/mol. The summed E-state index contributed by atoms with van der Waals surface area (Å²) in [5, 5.41) is 6.29. The number of ether oxygens (including phenoxy) is 2. The Hall–Kier alpha value is -0.330. The summed E-state index contributed by atoms with van der Waals surface area (Å²) in [6.45, 7) is 3.97. The molecule has 27 heavy (non-hydrogen) atoms. The Balaban J connectivity index is 0.00000676. The average molecular weight is 510 g/mol. The van der Waals surface area contributed by atoms with Gasteiger partial charge in [-0.15, -0.1) is 24.0 Å². The highest BCUT2D eigenvalue weighted by atomic mass is 127. The van der Waals surface area contributed by atoms with Gasteiger partial charge in [-0.25, -0.2) is 0 Å². The van der Waals surface area contributed by atoms with Crippen LogP contribution in [0, 0.1) is 5.92 Å². The van der Waals surface area contributed by atoms with Crippen LogP contribution in [0.4, 0.5) is 13.2 Å². The fourth-order valence-corrected chi connectivity index (χ4v) is 2.71. The van der Waals surface area contributed by atoms with Crippen molar-refractivity contribution in [2.75, 3.05) is 66.7 Å². The molecule has 2 N–H and O–H groups in total. The van der Waals surface area contributed by atoms with Crippen LogP contribution in [-0.4, -0.2) is 83.7 Å². The SMILES string of the molecule is CN=C(NCCCOCC1CCOCC1)NCCCN(C)CC(F)(F)F.I. The Morgan fingerprint density at radius 2 is 1.81 bits per heavy atom. The molecular formula is C17H34F3IN4O2. The summed E-state index contributed by atoms with van der Waals surface area (Å²) < 4.78 is 47.7. The minimum atomic E-state index is -4.15. The first kappa shape index (κ1) is 26.7. The largest absolute Gasteiger partial charge is 0.401 e. The third kappa shape index (κ3) is 15.3. The topological polar surface area (TPSA) is 58.1 Å². The number of rotatable bonds is 11. The predicted molar refractivity (Wildman–Crippen MR) is 112 cm³/mol. The summed E-state index contributed by atoms with van der Waals surface area (Å²) >= 11 is 0. The van der Waals surface area contributed by atoms with E-state index in [1.165, 1.54) is 11.9 Å². The second-order valence-corrected chi connectivity index (χ2v) is 6.62. The lowest BCUT2D eigenvalue weighted by molar-refractivity contribution is -0.143. The number of hydrogen-bond donors (Lipinski definition) is 2. The molecule has 0 aromatic carbocycles. The van der Waals surface area contributed by atoms with Crippen LogP contribution in [0.15, 0.2) is 4.99 Å². The van der Waals surface area contributed by atoms with Crippen LogP contribution in [0.2, 0.25) is 0 Å². The number of hydrogen-bond acceptors (Lipinski definition) is 4. The van der Waals surface area contributed by atoms with Crippen molar-refractivity contribution in [1.82, 2.24) is 15.5 Å². The highest BCUT2D eigenvalue weighted by Crippen LogP contribution is 2.15. The van der Waals surface area contributed by atoms with Crippen LogP contribution < -0.4 is 10.6 Å². The molecule has 0 atom stereocenters. The van der Waals surface area contributed by atoms with Crippen molar-refractivity contribution in [3.8, 4) is 0 Å². The molecule has 6 nitrogen and oxygen atoms in total. The van der Waals surface area contributed by atoms with Crippen LogP contribution in [0.1, 0.15) is 25.7 Å². The van der Waals surface area contributed by atoms with Gasteiger partial charge in [0.15, 0.2) is 5.96 Å². The molecule has 0 spiro atoms. The second-order valence-electron chi connectivity index (χ2n) is 6.62. The van der Waals surface area contributed by atoms with E-state index in [2.05, 4.69) is 15.6 Å². The summed E-state index contributed by atoms with van der Waals surface area (Å²) in [5.74, 6) is 1.27. The quantitative estimate of drug-likeness (QED) is 0.194. The molecule has 10 heteroatoms. The number of alkyl halides is 3. The summed E-state index contributed by atoms with van der Waals surface area (Å²) in [7, 11) is 3.15. The summed E-state index contributed by atoms with van der Waals surface area (Å²) in [6, 6.07) is 0. The fraction of sp³-hybridized carbons (Fsp3) is 0.941. The van der Waals surface area contributed by atoms with E-state index in [1.807, 2.05) is 0 Å². The van der Waals surface area contributed by atoms with Crippen molar-refractivity contribution < 1.29 is 22.6 Å². The van der Waals surface area contributed by atoms with E-state index in [0.717, 1.165) is 45.6 Å². The summed E-state index contributed by atoms with van der Waals surface area (Å²) in [5.41, 5.74) is 0. The molecule has 162 valence electrons. The van der Waals surface area contributed by atoms with Crippen molar-refractivity contribution >= 4 is 29.9 Å². The second kappa shape index (κ2) is 15.6. The normalized spacial score (nSPS) is 16.3. The van der Waals surface area contributed by atoms with Gasteiger partial charge in [-0.05, 0) is 45.2 Å². The Labute approximate surface area is 177 Å². The zero-order chi connectivity index (χ0) is 19.3. The van der Waals surface area contributed by atoms with Crippen molar-refractivity contribution in [1.29, 1.82) is 0 Å². The van der Waals surface area contributed by atoms with E-state index in [9.17, 15) is 13.2 Å². The van der Waals surface area contributed by atoms with Crippen LogP contribution in [-0.2, 0) is 9.47 Å². The van der Waals surface area contributed by atoms with Gasteiger partial charge in [-0.2, -0.15) is 13.2 Å². The molecule has 0 bridgehead atoms. The average Bonchev–Trinajstić information content (AvgIpc) is 2.59. The molecule has 1 aliphatic rings. The van der Waals surface area contributed by atoms with Gasteiger partial charge in [0.1, 0.15) is 0 Å². The van der Waals surface area contributed by atoms with E-state index >= 15 is 0 Å². The lowest BCUT2D eigenvalue weighted by Crippen LogP contribution is -2.39. The molecule has 0 saturated carbocycles. The molecule has 1 saturated heterocycles. The first-order valence-corrected chi connectivity index (χ1v) is 9.26. The van der Waals surface area contributed by atoms with Crippen LogP contribution in [0.5, 0.6) is 0 Å². The number of aliphatic imine (C=N–C) groups is 1. The van der Waals surface area contributed by atoms with Crippen LogP contribution in [0.25, 0.3) is 0 Å². The van der Waals surface area contributed by atoms with Crippen molar-refractivity contribution in [3.05, 3.63) is 0 Å². The van der Waals surface area contributed by atoms with E-state index < -0.39 is 12.7 Å². The lowest BCUT2D eigenvalue weighted by atomic mass is 10.0. The number of nitrogens with one attached hydrogen (secondary N) is 2. The van der Waals surface area contributed by atoms with Gasteiger partial charge < -0.3 is 20.1 Å². The van der Waals surface area contributed by atoms with Gasteiger partial charge in [0, 0.05) is 46.6 Å². The van der Waals surface area contributed by atoms with Gasteiger partial charge in [0.25, 0.3) is 0 Å². The third-order valence-electron chi connectivity index (χ3n) is 4.13. The van der Waals surface area contributed by atoms with E-state index in [1.54, 1.807) is 7.05 Å². The monoisotopic (exact) mass is 510 g/mol. The van der Waals surface area contributed by atoms with Crippen molar-refractivity contribution in [2.24, 2.45) is 10.9 Å². The Morgan fingerprint density at radius 3 is 2.41 bits per heavy atom. The van der Waals surface area contributed by atoms with Gasteiger partial charge in [0.2, 0.25) is 0 Å². The lowest BCUT2D eigenvalue weighted by Gasteiger charge is -2.21. The highest BCUT2D eigenvalue weighted by molar-refractivity contribution is 14.0. The maximum absolute atomic E-state index is 12.2. The Bertz CT molecular complexity index is 395. The molecule has 0 aliphatic carbocycles. The van der Waals surface area contributed by atoms with Gasteiger partial charge in [-0.3, -0.25) is 9.89 Å². The zero-order valence-corrected chi connectivity index (χ0v) is 18.6. The molecule has 1 heterocycles. The van der Waals surface area contributed by atoms with E-state index in [4.69, 9.17) is 9.47 Å². The summed E-state index contributed by atoms with van der Waals surface area (Å²) in [6.07, 6.45) is -0.508. The molecule has 1 fully saturated rings. The maximum atomic E-state index is 12.2. The van der Waals surface area contributed by atoms with E-state index in [0.29, 0.717) is 38.0 Å². The number of halogens is 4. The molecule has 0 aromatic heterocycles. The van der Waals surface area contributed by atoms with Crippen LogP contribution in [0.3, 0.4) is 0 Å². The van der Waals surface area contributed by atoms with Crippen LogP contribution >= 0.6 is 24.0 Å². The first-order valence-electron chi connectivity index (χ1n) is 9.26. The molecule has 0 radical (unpaired) electrons. The van der Waals surface area contributed by atoms with Gasteiger partial charge in [0.05, 0.1) is 6.54 Å². The fourth-order valence-electron chi connectivity index (χ4n) is 2.71. The zero-order valence-electron chi connectivity index (χ0n) is 16.3. The van der Waals surface area contributed by atoms with E-state index in [-0.39, 0.29) is 24.0 Å². The third-order valence-corrected chi connectivity index (χ3v) is 4.13.